The van der Waals surface area contributed by atoms with E-state index in [2.05, 4.69) is 37.1 Å². The molecule has 0 radical (unpaired) electrons. The molecule has 0 spiro atoms. The van der Waals surface area contributed by atoms with Crippen LogP contribution in [0.2, 0.25) is 0 Å². The number of hydrogen-bond acceptors (Lipinski definition) is 4. The van der Waals surface area contributed by atoms with Crippen LogP contribution in [0.4, 0.5) is 0 Å². The van der Waals surface area contributed by atoms with Crippen molar-refractivity contribution in [2.75, 3.05) is 14.2 Å². The minimum Gasteiger partial charge on any atom is -0.493 e. The normalized spacial score (nSPS) is 10.9. The molecule has 0 aliphatic heterocycles. The van der Waals surface area contributed by atoms with Gasteiger partial charge in [-0.1, -0.05) is 22.0 Å². The van der Waals surface area contributed by atoms with Crippen molar-refractivity contribution in [1.29, 1.82) is 0 Å². The van der Waals surface area contributed by atoms with Crippen LogP contribution in [-0.4, -0.2) is 30.9 Å². The van der Waals surface area contributed by atoms with Crippen LogP contribution < -0.4 is 14.9 Å². The van der Waals surface area contributed by atoms with Crippen molar-refractivity contribution in [3.63, 3.8) is 0 Å². The number of amides is 1. The molecule has 0 aliphatic carbocycles. The van der Waals surface area contributed by atoms with Crippen LogP contribution >= 0.6 is 15.9 Å². The van der Waals surface area contributed by atoms with Gasteiger partial charge in [0.05, 0.1) is 20.4 Å². The lowest BCUT2D eigenvalue weighted by atomic mass is 10.2. The van der Waals surface area contributed by atoms with Gasteiger partial charge in [-0.05, 0) is 56.3 Å². The fourth-order valence-corrected chi connectivity index (χ4v) is 3.52. The summed E-state index contributed by atoms with van der Waals surface area (Å²) < 4.78 is 13.6. The minimum absolute atomic E-state index is 0.331. The first kappa shape index (κ1) is 20.7. The summed E-state index contributed by atoms with van der Waals surface area (Å²) in [4.78, 5) is 12.4. The van der Waals surface area contributed by atoms with Crippen molar-refractivity contribution in [1.82, 2.24) is 9.99 Å². The summed E-state index contributed by atoms with van der Waals surface area (Å²) in [5, 5.41) is 4.12. The number of ether oxygens (including phenoxy) is 2. The Morgan fingerprint density at radius 3 is 2.52 bits per heavy atom. The highest BCUT2D eigenvalue weighted by Gasteiger charge is 2.11. The first-order valence-electron chi connectivity index (χ1n) is 8.95. The van der Waals surface area contributed by atoms with E-state index in [1.165, 1.54) is 7.11 Å². The van der Waals surface area contributed by atoms with Crippen molar-refractivity contribution in [2.45, 2.75) is 13.8 Å². The number of methoxy groups -OCH3 is 2. The Hall–Kier alpha value is -3.06. The summed E-state index contributed by atoms with van der Waals surface area (Å²) in [6, 6.07) is 15.1. The molecule has 0 fully saturated rings. The SMILES string of the molecule is COc1ccc(C(=O)N/N=C\c2cc(C)n(-c3cccc(Br)c3)c2C)cc1OC. The molecule has 0 atom stereocenters. The number of benzene rings is 2. The molecular weight excluding hydrogens is 434 g/mol. The molecule has 3 aromatic rings. The van der Waals surface area contributed by atoms with E-state index < -0.39 is 0 Å². The number of rotatable bonds is 6. The topological polar surface area (TPSA) is 64.8 Å². The van der Waals surface area contributed by atoms with E-state index in [-0.39, 0.29) is 5.91 Å². The highest BCUT2D eigenvalue weighted by atomic mass is 79.9. The van der Waals surface area contributed by atoms with Crippen molar-refractivity contribution in [3.8, 4) is 17.2 Å². The predicted molar refractivity (Wildman–Crippen MR) is 118 cm³/mol. The quantitative estimate of drug-likeness (QED) is 0.434. The van der Waals surface area contributed by atoms with Crippen LogP contribution in [0.15, 0.2) is 58.1 Å². The lowest BCUT2D eigenvalue weighted by molar-refractivity contribution is 0.0954. The van der Waals surface area contributed by atoms with E-state index >= 15 is 0 Å². The molecule has 0 saturated carbocycles. The number of nitrogens with one attached hydrogen (secondary N) is 1. The number of hydrogen-bond donors (Lipinski definition) is 1. The van der Waals surface area contributed by atoms with Crippen LogP contribution in [-0.2, 0) is 0 Å². The number of nitrogens with zero attached hydrogens (tertiary/aromatic N) is 2. The third-order valence-electron chi connectivity index (χ3n) is 4.55. The third-order valence-corrected chi connectivity index (χ3v) is 5.05. The van der Waals surface area contributed by atoms with Crippen molar-refractivity contribution < 1.29 is 14.3 Å². The Labute approximate surface area is 178 Å². The van der Waals surface area contributed by atoms with E-state index in [4.69, 9.17) is 9.47 Å². The molecule has 2 aromatic carbocycles. The summed E-state index contributed by atoms with van der Waals surface area (Å²) in [5.74, 6) is 0.720. The summed E-state index contributed by atoms with van der Waals surface area (Å²) in [6.45, 7) is 4.05. The summed E-state index contributed by atoms with van der Waals surface area (Å²) in [6.07, 6.45) is 1.65. The zero-order chi connectivity index (χ0) is 21.0. The summed E-state index contributed by atoms with van der Waals surface area (Å²) >= 11 is 3.51. The number of carbonyl (C=O) groups excluding carboxylic acids is 1. The molecule has 0 unspecified atom stereocenters. The number of hydrazone groups is 1. The number of carbonyl (C=O) groups is 1. The van der Waals surface area contributed by atoms with Gasteiger partial charge in [0.25, 0.3) is 5.91 Å². The number of aryl methyl sites for hydroxylation is 1. The number of aromatic nitrogens is 1. The fourth-order valence-electron chi connectivity index (χ4n) is 3.13. The Kier molecular flexibility index (Phi) is 6.39. The van der Waals surface area contributed by atoms with Gasteiger partial charge in [-0.15, -0.1) is 0 Å². The second kappa shape index (κ2) is 8.96. The summed E-state index contributed by atoms with van der Waals surface area (Å²) in [7, 11) is 3.07. The highest BCUT2D eigenvalue weighted by Crippen LogP contribution is 2.27. The Morgan fingerprint density at radius 2 is 1.83 bits per heavy atom. The smallest absolute Gasteiger partial charge is 0.271 e. The molecule has 0 aliphatic rings. The van der Waals surface area contributed by atoms with Gasteiger partial charge >= 0.3 is 0 Å². The molecule has 3 rings (SSSR count). The first-order chi connectivity index (χ1) is 13.9. The molecule has 0 bridgehead atoms. The van der Waals surface area contributed by atoms with Crippen molar-refractivity contribution in [2.24, 2.45) is 5.10 Å². The summed E-state index contributed by atoms with van der Waals surface area (Å²) in [5.41, 5.74) is 7.08. The molecule has 7 heteroatoms. The van der Waals surface area contributed by atoms with Gasteiger partial charge in [0, 0.05) is 32.7 Å². The average molecular weight is 456 g/mol. The Morgan fingerprint density at radius 1 is 1.07 bits per heavy atom. The van der Waals surface area contributed by atoms with E-state index in [1.54, 1.807) is 31.5 Å². The fraction of sp³-hybridized carbons (Fsp3) is 0.182. The lowest BCUT2D eigenvalue weighted by Crippen LogP contribution is -2.17. The second-order valence-corrected chi connectivity index (χ2v) is 7.33. The monoisotopic (exact) mass is 455 g/mol. The van der Waals surface area contributed by atoms with E-state index in [9.17, 15) is 4.79 Å². The predicted octanol–water partition coefficient (Wildman–Crippen LogP) is 4.64. The van der Waals surface area contributed by atoms with Crippen LogP contribution in [0.25, 0.3) is 5.69 Å². The largest absolute Gasteiger partial charge is 0.493 e. The molecular formula is C22H22BrN3O3. The maximum atomic E-state index is 12.4. The standard InChI is InChI=1S/C22H22BrN3O3/c1-14-10-17(15(2)26(14)19-7-5-6-18(23)12-19)13-24-25-22(27)16-8-9-20(28-3)21(11-16)29-4/h5-13H,1-4H3,(H,25,27)/b24-13-. The molecule has 1 heterocycles. The molecule has 150 valence electrons. The average Bonchev–Trinajstić information content (AvgIpc) is 3.00. The first-order valence-corrected chi connectivity index (χ1v) is 9.74. The van der Waals surface area contributed by atoms with E-state index in [0.717, 1.165) is 27.1 Å². The third kappa shape index (κ3) is 4.51. The maximum absolute atomic E-state index is 12.4. The molecule has 29 heavy (non-hydrogen) atoms. The Balaban J connectivity index is 1.77. The van der Waals surface area contributed by atoms with E-state index in [1.807, 2.05) is 38.1 Å². The zero-order valence-electron chi connectivity index (χ0n) is 16.7. The van der Waals surface area contributed by atoms with Crippen molar-refractivity contribution >= 4 is 28.1 Å². The molecule has 1 N–H and O–H groups in total. The van der Waals surface area contributed by atoms with Gasteiger partial charge in [0.1, 0.15) is 0 Å². The molecule has 6 nitrogen and oxygen atoms in total. The van der Waals surface area contributed by atoms with Crippen LogP contribution in [0.1, 0.15) is 27.3 Å². The van der Waals surface area contributed by atoms with E-state index in [0.29, 0.717) is 17.1 Å². The lowest BCUT2D eigenvalue weighted by Gasteiger charge is -2.10. The highest BCUT2D eigenvalue weighted by molar-refractivity contribution is 9.10. The maximum Gasteiger partial charge on any atom is 0.271 e. The van der Waals surface area contributed by atoms with Gasteiger partial charge in [0.2, 0.25) is 0 Å². The van der Waals surface area contributed by atoms with Crippen LogP contribution in [0.3, 0.4) is 0 Å². The van der Waals surface area contributed by atoms with Gasteiger partial charge in [0.15, 0.2) is 11.5 Å². The molecule has 1 aromatic heterocycles. The van der Waals surface area contributed by atoms with Gasteiger partial charge < -0.3 is 14.0 Å². The van der Waals surface area contributed by atoms with Crippen LogP contribution in [0, 0.1) is 13.8 Å². The molecule has 1 amide bonds. The van der Waals surface area contributed by atoms with Crippen molar-refractivity contribution in [3.05, 3.63) is 75.5 Å². The van der Waals surface area contributed by atoms with Gasteiger partial charge in [-0.2, -0.15) is 5.10 Å². The Bertz CT molecular complexity index is 1070. The van der Waals surface area contributed by atoms with Crippen LogP contribution in [0.5, 0.6) is 11.5 Å². The minimum atomic E-state index is -0.331. The van der Waals surface area contributed by atoms with Gasteiger partial charge in [-0.25, -0.2) is 5.43 Å². The number of halogens is 1. The zero-order valence-corrected chi connectivity index (χ0v) is 18.3. The van der Waals surface area contributed by atoms with Gasteiger partial charge in [-0.3, -0.25) is 4.79 Å². The second-order valence-electron chi connectivity index (χ2n) is 6.41. The molecule has 0 saturated heterocycles.